The molecule has 2 rings (SSSR count). The average Bonchev–Trinajstić information content (AvgIpc) is 2.50. The second kappa shape index (κ2) is 6.07. The van der Waals surface area contributed by atoms with Gasteiger partial charge in [-0.15, -0.1) is 0 Å². The minimum absolute atomic E-state index is 0.0888. The molecule has 23 heavy (non-hydrogen) atoms. The molecular formula is C17H19BrO5. The molecule has 6 heteroatoms. The molecule has 2 atom stereocenters. The topological polar surface area (TPSA) is 69.7 Å². The quantitative estimate of drug-likeness (QED) is 0.592. The molecule has 1 aromatic rings. The fourth-order valence-corrected chi connectivity index (χ4v) is 3.07. The molecule has 1 heterocycles. The Labute approximate surface area is 143 Å². The summed E-state index contributed by atoms with van der Waals surface area (Å²) in [4.78, 5) is 37.5. The number of esters is 2. The standard InChI is InChI=1S/C17H19BrO5/c1-5-22-14(20)17(4)13(19)16(2,3)12(23-15(17)21)10-6-8-11(18)9-7-10/h6-9,12H,5H2,1-4H3/t12-,17-/m1/s1. The molecule has 1 aromatic carbocycles. The Bertz CT molecular complexity index is 649. The van der Waals surface area contributed by atoms with Crippen LogP contribution in [0.4, 0.5) is 0 Å². The third-order valence-electron chi connectivity index (χ3n) is 4.18. The van der Waals surface area contributed by atoms with Gasteiger partial charge in [0.15, 0.2) is 5.78 Å². The molecule has 0 aliphatic carbocycles. The number of benzene rings is 1. The lowest BCUT2D eigenvalue weighted by molar-refractivity contribution is -0.195. The molecule has 0 unspecified atom stereocenters. The molecule has 124 valence electrons. The molecule has 0 saturated carbocycles. The van der Waals surface area contributed by atoms with Crippen LogP contribution in [-0.4, -0.2) is 24.3 Å². The first-order valence-corrected chi connectivity index (χ1v) is 8.13. The van der Waals surface area contributed by atoms with Gasteiger partial charge in [0.25, 0.3) is 0 Å². The van der Waals surface area contributed by atoms with Gasteiger partial charge in [-0.25, -0.2) is 0 Å². The first-order chi connectivity index (χ1) is 10.7. The Morgan fingerprint density at radius 1 is 1.22 bits per heavy atom. The van der Waals surface area contributed by atoms with Crippen molar-refractivity contribution >= 4 is 33.7 Å². The molecule has 0 amide bonds. The molecule has 0 bridgehead atoms. The fraction of sp³-hybridized carbons (Fsp3) is 0.471. The molecular weight excluding hydrogens is 364 g/mol. The highest BCUT2D eigenvalue weighted by Gasteiger charge is 2.62. The van der Waals surface area contributed by atoms with Crippen LogP contribution in [0.1, 0.15) is 39.4 Å². The number of rotatable bonds is 3. The van der Waals surface area contributed by atoms with E-state index >= 15 is 0 Å². The van der Waals surface area contributed by atoms with Crippen LogP contribution in [0, 0.1) is 10.8 Å². The first kappa shape index (κ1) is 17.7. The van der Waals surface area contributed by atoms with E-state index in [-0.39, 0.29) is 6.61 Å². The lowest BCUT2D eigenvalue weighted by Crippen LogP contribution is -2.57. The van der Waals surface area contributed by atoms with Crippen molar-refractivity contribution in [2.24, 2.45) is 10.8 Å². The summed E-state index contributed by atoms with van der Waals surface area (Å²) in [5.41, 5.74) is -2.28. The van der Waals surface area contributed by atoms with Gasteiger partial charge in [0.1, 0.15) is 6.10 Å². The van der Waals surface area contributed by atoms with E-state index in [1.165, 1.54) is 6.92 Å². The average molecular weight is 383 g/mol. The lowest BCUT2D eigenvalue weighted by atomic mass is 9.66. The van der Waals surface area contributed by atoms with E-state index in [0.717, 1.165) is 4.47 Å². The third kappa shape index (κ3) is 2.80. The van der Waals surface area contributed by atoms with Crippen molar-refractivity contribution in [2.45, 2.75) is 33.8 Å². The fourth-order valence-electron chi connectivity index (χ4n) is 2.80. The van der Waals surface area contributed by atoms with E-state index in [0.29, 0.717) is 5.56 Å². The van der Waals surface area contributed by atoms with E-state index in [9.17, 15) is 14.4 Å². The smallest absolute Gasteiger partial charge is 0.331 e. The molecule has 5 nitrogen and oxygen atoms in total. The van der Waals surface area contributed by atoms with Gasteiger partial charge in [-0.3, -0.25) is 14.4 Å². The van der Waals surface area contributed by atoms with E-state index < -0.39 is 34.7 Å². The van der Waals surface area contributed by atoms with Gasteiger partial charge in [0.2, 0.25) is 5.41 Å². The summed E-state index contributed by atoms with van der Waals surface area (Å²) in [7, 11) is 0. The zero-order valence-electron chi connectivity index (χ0n) is 13.5. The van der Waals surface area contributed by atoms with Crippen LogP contribution >= 0.6 is 15.9 Å². The normalized spacial score (nSPS) is 26.6. The van der Waals surface area contributed by atoms with Gasteiger partial charge in [-0.2, -0.15) is 0 Å². The molecule has 0 N–H and O–H groups in total. The van der Waals surface area contributed by atoms with Crippen molar-refractivity contribution in [3.63, 3.8) is 0 Å². The largest absolute Gasteiger partial charge is 0.465 e. The van der Waals surface area contributed by atoms with Crippen LogP contribution < -0.4 is 0 Å². The Kier molecular flexibility index (Phi) is 4.66. The van der Waals surface area contributed by atoms with Crippen LogP contribution in [0.3, 0.4) is 0 Å². The van der Waals surface area contributed by atoms with Crippen molar-refractivity contribution in [3.8, 4) is 0 Å². The summed E-state index contributed by atoms with van der Waals surface area (Å²) in [6, 6.07) is 7.18. The Balaban J connectivity index is 2.44. The van der Waals surface area contributed by atoms with Gasteiger partial charge >= 0.3 is 11.9 Å². The van der Waals surface area contributed by atoms with Crippen molar-refractivity contribution < 1.29 is 23.9 Å². The van der Waals surface area contributed by atoms with Crippen LogP contribution in [0.5, 0.6) is 0 Å². The van der Waals surface area contributed by atoms with Crippen LogP contribution in [0.25, 0.3) is 0 Å². The molecule has 0 spiro atoms. The van der Waals surface area contributed by atoms with E-state index in [4.69, 9.17) is 9.47 Å². The van der Waals surface area contributed by atoms with Gasteiger partial charge < -0.3 is 9.47 Å². The molecule has 1 fully saturated rings. The highest BCUT2D eigenvalue weighted by Crippen LogP contribution is 2.48. The summed E-state index contributed by atoms with van der Waals surface area (Å²) in [5.74, 6) is -2.22. The van der Waals surface area contributed by atoms with Crippen LogP contribution in [0.15, 0.2) is 28.7 Å². The van der Waals surface area contributed by atoms with Gasteiger partial charge in [-0.1, -0.05) is 28.1 Å². The monoisotopic (exact) mass is 382 g/mol. The Morgan fingerprint density at radius 3 is 2.30 bits per heavy atom. The lowest BCUT2D eigenvalue weighted by Gasteiger charge is -2.43. The van der Waals surface area contributed by atoms with Crippen molar-refractivity contribution in [1.29, 1.82) is 0 Å². The van der Waals surface area contributed by atoms with Crippen molar-refractivity contribution in [2.75, 3.05) is 6.61 Å². The van der Waals surface area contributed by atoms with Gasteiger partial charge in [-0.05, 0) is 45.4 Å². The summed E-state index contributed by atoms with van der Waals surface area (Å²) in [6.07, 6.45) is -0.752. The molecule has 0 aromatic heterocycles. The van der Waals surface area contributed by atoms with E-state index in [1.54, 1.807) is 32.9 Å². The van der Waals surface area contributed by atoms with Crippen molar-refractivity contribution in [3.05, 3.63) is 34.3 Å². The zero-order valence-corrected chi connectivity index (χ0v) is 15.1. The first-order valence-electron chi connectivity index (χ1n) is 7.34. The minimum atomic E-state index is -1.93. The van der Waals surface area contributed by atoms with E-state index in [2.05, 4.69) is 15.9 Å². The number of Topliss-reactive ketones (excluding diaryl/α,β-unsaturated/α-hetero) is 1. The summed E-state index contributed by atoms with van der Waals surface area (Å²) in [6.45, 7) is 6.33. The number of hydrogen-bond donors (Lipinski definition) is 0. The Morgan fingerprint density at radius 2 is 1.78 bits per heavy atom. The predicted octanol–water partition coefficient (Wildman–Crippen LogP) is 3.21. The highest BCUT2D eigenvalue weighted by atomic mass is 79.9. The summed E-state index contributed by atoms with van der Waals surface area (Å²) in [5, 5.41) is 0. The summed E-state index contributed by atoms with van der Waals surface area (Å²) < 4.78 is 11.3. The molecule has 1 aliphatic heterocycles. The zero-order chi connectivity index (χ0) is 17.4. The Hall–Kier alpha value is -1.69. The molecule has 0 radical (unpaired) electrons. The number of halogens is 1. The van der Waals surface area contributed by atoms with Gasteiger partial charge in [0, 0.05) is 4.47 Å². The number of carbonyl (C=O) groups excluding carboxylic acids is 3. The molecule has 1 aliphatic rings. The molecule has 1 saturated heterocycles. The van der Waals surface area contributed by atoms with E-state index in [1.807, 2.05) is 12.1 Å². The van der Waals surface area contributed by atoms with Crippen LogP contribution in [0.2, 0.25) is 0 Å². The number of ketones is 1. The maximum Gasteiger partial charge on any atom is 0.331 e. The number of carbonyl (C=O) groups is 3. The number of hydrogen-bond acceptors (Lipinski definition) is 5. The second-order valence-electron chi connectivity index (χ2n) is 6.23. The number of ether oxygens (including phenoxy) is 2. The SMILES string of the molecule is CCOC(=O)[C@]1(C)C(=O)O[C@H](c2ccc(Br)cc2)C(C)(C)C1=O. The maximum atomic E-state index is 12.9. The number of cyclic esters (lactones) is 1. The second-order valence-corrected chi connectivity index (χ2v) is 7.15. The van der Waals surface area contributed by atoms with Crippen molar-refractivity contribution in [1.82, 2.24) is 0 Å². The minimum Gasteiger partial charge on any atom is -0.465 e. The predicted molar refractivity (Wildman–Crippen MR) is 86.5 cm³/mol. The maximum absolute atomic E-state index is 12.9. The van der Waals surface area contributed by atoms with Crippen LogP contribution in [-0.2, 0) is 23.9 Å². The van der Waals surface area contributed by atoms with Gasteiger partial charge in [0.05, 0.1) is 12.0 Å². The third-order valence-corrected chi connectivity index (χ3v) is 4.71. The summed E-state index contributed by atoms with van der Waals surface area (Å²) >= 11 is 3.34. The highest BCUT2D eigenvalue weighted by molar-refractivity contribution is 9.10.